The van der Waals surface area contributed by atoms with E-state index in [2.05, 4.69) is 30.3 Å². The number of benzene rings is 2. The van der Waals surface area contributed by atoms with Crippen LogP contribution in [0.5, 0.6) is 0 Å². The fraction of sp³-hybridized carbons (Fsp3) is 0.444. The number of hydrogen-bond donors (Lipinski definition) is 2. The molecule has 0 unspecified atom stereocenters. The third-order valence-corrected chi connectivity index (χ3v) is 5.14. The summed E-state index contributed by atoms with van der Waals surface area (Å²) in [4.78, 5) is 0. The van der Waals surface area contributed by atoms with Crippen LogP contribution in [0.4, 0.5) is 4.39 Å². The van der Waals surface area contributed by atoms with Crippen molar-refractivity contribution in [1.29, 1.82) is 0 Å². The Bertz CT molecular complexity index is 632. The highest BCUT2D eigenvalue weighted by Crippen LogP contribution is 2.43. The third kappa shape index (κ3) is 2.56. The summed E-state index contributed by atoms with van der Waals surface area (Å²) in [5, 5.41) is 12.5. The first-order chi connectivity index (χ1) is 10.1. The second kappa shape index (κ2) is 5.39. The van der Waals surface area contributed by atoms with E-state index in [-0.39, 0.29) is 5.41 Å². The standard InChI is InChI=1S/C18H22FNO/c19-12-18(21)9-7-17(13-20,8-10-18)16-6-5-14-3-1-2-4-15(14)11-16/h1-6,11,21H,7-10,12-13,20H2/t17-,18+. The minimum absolute atomic E-state index is 0.134. The van der Waals surface area contributed by atoms with Gasteiger partial charge in [0.1, 0.15) is 6.67 Å². The molecule has 0 radical (unpaired) electrons. The highest BCUT2D eigenvalue weighted by molar-refractivity contribution is 5.83. The average Bonchev–Trinajstić information content (AvgIpc) is 2.55. The maximum absolute atomic E-state index is 12.9. The summed E-state index contributed by atoms with van der Waals surface area (Å²) in [6, 6.07) is 14.7. The van der Waals surface area contributed by atoms with Gasteiger partial charge < -0.3 is 10.8 Å². The zero-order chi connectivity index (χ0) is 14.9. The number of alkyl halides is 1. The van der Waals surface area contributed by atoms with Gasteiger partial charge in [-0.3, -0.25) is 0 Å². The van der Waals surface area contributed by atoms with Crippen LogP contribution < -0.4 is 5.73 Å². The molecule has 3 heteroatoms. The fourth-order valence-corrected chi connectivity index (χ4v) is 3.46. The zero-order valence-electron chi connectivity index (χ0n) is 12.2. The van der Waals surface area contributed by atoms with Crippen LogP contribution in [0, 0.1) is 0 Å². The lowest BCUT2D eigenvalue weighted by molar-refractivity contribution is -0.0335. The Morgan fingerprint density at radius 3 is 2.29 bits per heavy atom. The minimum atomic E-state index is -1.14. The molecule has 0 aliphatic heterocycles. The van der Waals surface area contributed by atoms with Crippen molar-refractivity contribution >= 4 is 10.8 Å². The van der Waals surface area contributed by atoms with E-state index in [1.165, 1.54) is 16.3 Å². The van der Waals surface area contributed by atoms with Crippen LogP contribution in [-0.4, -0.2) is 23.9 Å². The zero-order valence-corrected chi connectivity index (χ0v) is 12.2. The van der Waals surface area contributed by atoms with Gasteiger partial charge >= 0.3 is 0 Å². The van der Waals surface area contributed by atoms with Gasteiger partial charge in [0.2, 0.25) is 0 Å². The lowest BCUT2D eigenvalue weighted by Gasteiger charge is -2.43. The van der Waals surface area contributed by atoms with Gasteiger partial charge in [-0.2, -0.15) is 0 Å². The summed E-state index contributed by atoms with van der Waals surface area (Å²) in [6.07, 6.45) is 2.44. The number of hydrogen-bond acceptors (Lipinski definition) is 2. The molecule has 0 bridgehead atoms. The first-order valence-electron chi connectivity index (χ1n) is 7.59. The quantitative estimate of drug-likeness (QED) is 0.909. The molecule has 2 aromatic carbocycles. The molecule has 2 nitrogen and oxygen atoms in total. The van der Waals surface area contributed by atoms with E-state index in [1.54, 1.807) is 0 Å². The van der Waals surface area contributed by atoms with Gasteiger partial charge in [-0.1, -0.05) is 42.5 Å². The number of rotatable bonds is 3. The summed E-state index contributed by atoms with van der Waals surface area (Å²) in [7, 11) is 0. The molecule has 1 aliphatic rings. The summed E-state index contributed by atoms with van der Waals surface area (Å²) in [6.45, 7) is -0.126. The van der Waals surface area contributed by atoms with Crippen molar-refractivity contribution in [3.63, 3.8) is 0 Å². The average molecular weight is 287 g/mol. The molecule has 3 rings (SSSR count). The molecule has 112 valence electrons. The summed E-state index contributed by atoms with van der Waals surface area (Å²) in [5.74, 6) is 0. The molecule has 21 heavy (non-hydrogen) atoms. The molecule has 0 atom stereocenters. The predicted octanol–water partition coefficient (Wildman–Crippen LogP) is 3.31. The molecule has 0 heterocycles. The van der Waals surface area contributed by atoms with Crippen LogP contribution in [-0.2, 0) is 5.41 Å². The van der Waals surface area contributed by atoms with Crippen LogP contribution in [0.15, 0.2) is 42.5 Å². The summed E-state index contributed by atoms with van der Waals surface area (Å²) >= 11 is 0. The monoisotopic (exact) mass is 287 g/mol. The van der Waals surface area contributed by atoms with Crippen molar-refractivity contribution in [2.45, 2.75) is 36.7 Å². The first kappa shape index (κ1) is 14.5. The number of fused-ring (bicyclic) bond motifs is 1. The Labute approximate surface area is 124 Å². The summed E-state index contributed by atoms with van der Waals surface area (Å²) < 4.78 is 12.9. The first-order valence-corrected chi connectivity index (χ1v) is 7.59. The number of aliphatic hydroxyl groups is 1. The van der Waals surface area contributed by atoms with E-state index in [0.717, 1.165) is 12.8 Å². The molecule has 3 N–H and O–H groups in total. The van der Waals surface area contributed by atoms with Crippen LogP contribution in [0.25, 0.3) is 10.8 Å². The Hall–Kier alpha value is -1.45. The molecule has 1 aliphatic carbocycles. The van der Waals surface area contributed by atoms with Crippen molar-refractivity contribution in [1.82, 2.24) is 0 Å². The minimum Gasteiger partial charge on any atom is -0.387 e. The molecule has 0 amide bonds. The van der Waals surface area contributed by atoms with Crippen molar-refractivity contribution in [3.05, 3.63) is 48.0 Å². The fourth-order valence-electron chi connectivity index (χ4n) is 3.46. The maximum atomic E-state index is 12.9. The predicted molar refractivity (Wildman–Crippen MR) is 84.1 cm³/mol. The highest BCUT2D eigenvalue weighted by atomic mass is 19.1. The van der Waals surface area contributed by atoms with Crippen LogP contribution in [0.3, 0.4) is 0 Å². The van der Waals surface area contributed by atoms with E-state index in [1.807, 2.05) is 12.1 Å². The Morgan fingerprint density at radius 1 is 1.00 bits per heavy atom. The second-order valence-corrected chi connectivity index (χ2v) is 6.40. The van der Waals surface area contributed by atoms with Gasteiger partial charge in [-0.05, 0) is 42.0 Å². The normalized spacial score (nSPS) is 29.7. The summed E-state index contributed by atoms with van der Waals surface area (Å²) in [5.41, 5.74) is 6.00. The van der Waals surface area contributed by atoms with E-state index in [4.69, 9.17) is 5.73 Å². The molecule has 0 saturated heterocycles. The molecule has 1 saturated carbocycles. The lowest BCUT2D eigenvalue weighted by Crippen LogP contribution is -2.46. The largest absolute Gasteiger partial charge is 0.387 e. The number of halogens is 1. The molecule has 0 aromatic heterocycles. The Kier molecular flexibility index (Phi) is 3.72. The van der Waals surface area contributed by atoms with Gasteiger partial charge in [-0.25, -0.2) is 4.39 Å². The van der Waals surface area contributed by atoms with Crippen molar-refractivity contribution < 1.29 is 9.50 Å². The number of nitrogens with two attached hydrogens (primary N) is 1. The van der Waals surface area contributed by atoms with Crippen LogP contribution >= 0.6 is 0 Å². The smallest absolute Gasteiger partial charge is 0.118 e. The van der Waals surface area contributed by atoms with Crippen molar-refractivity contribution in [2.24, 2.45) is 5.73 Å². The molecular weight excluding hydrogens is 265 g/mol. The van der Waals surface area contributed by atoms with E-state index >= 15 is 0 Å². The Balaban J connectivity index is 1.95. The van der Waals surface area contributed by atoms with E-state index in [9.17, 15) is 9.50 Å². The van der Waals surface area contributed by atoms with Gasteiger partial charge in [0.05, 0.1) is 5.60 Å². The van der Waals surface area contributed by atoms with Crippen molar-refractivity contribution in [3.8, 4) is 0 Å². The Morgan fingerprint density at radius 2 is 1.67 bits per heavy atom. The highest BCUT2D eigenvalue weighted by Gasteiger charge is 2.42. The van der Waals surface area contributed by atoms with Crippen LogP contribution in [0.2, 0.25) is 0 Å². The van der Waals surface area contributed by atoms with E-state index < -0.39 is 12.3 Å². The molecule has 1 fully saturated rings. The molecule has 0 spiro atoms. The van der Waals surface area contributed by atoms with Gasteiger partial charge in [0.25, 0.3) is 0 Å². The molecule has 2 aromatic rings. The van der Waals surface area contributed by atoms with Crippen molar-refractivity contribution in [2.75, 3.05) is 13.2 Å². The van der Waals surface area contributed by atoms with Gasteiger partial charge in [0, 0.05) is 12.0 Å². The maximum Gasteiger partial charge on any atom is 0.118 e. The second-order valence-electron chi connectivity index (χ2n) is 6.40. The van der Waals surface area contributed by atoms with Gasteiger partial charge in [0.15, 0.2) is 0 Å². The topological polar surface area (TPSA) is 46.2 Å². The molecular formula is C18H22FNO. The third-order valence-electron chi connectivity index (χ3n) is 5.14. The lowest BCUT2D eigenvalue weighted by atomic mass is 9.65. The van der Waals surface area contributed by atoms with Gasteiger partial charge in [-0.15, -0.1) is 0 Å². The van der Waals surface area contributed by atoms with Crippen LogP contribution in [0.1, 0.15) is 31.2 Å². The SMILES string of the molecule is NC[C@]1(c2ccc3ccccc3c2)CC[C@](O)(CF)CC1. The van der Waals surface area contributed by atoms with E-state index in [0.29, 0.717) is 19.4 Å².